The number of anilines is 1. The molecule has 0 radical (unpaired) electrons. The van der Waals surface area contributed by atoms with Crippen molar-refractivity contribution in [2.75, 3.05) is 18.5 Å². The fourth-order valence-corrected chi connectivity index (χ4v) is 3.39. The standard InChI is InChI=1S/C20H16N2O4S/c23-19(14-4-5-17-18(11-14)26-8-7-25-17)22-20(24)21-16-3-1-2-13(10-16)15-6-9-27-12-15/h1-6,9-12H,7-8H2,(H2,21,22,23,24). The van der Waals surface area contributed by atoms with Gasteiger partial charge in [0.1, 0.15) is 13.2 Å². The van der Waals surface area contributed by atoms with E-state index >= 15 is 0 Å². The smallest absolute Gasteiger partial charge is 0.326 e. The molecule has 2 N–H and O–H groups in total. The summed E-state index contributed by atoms with van der Waals surface area (Å²) in [5, 5.41) is 9.03. The summed E-state index contributed by atoms with van der Waals surface area (Å²) in [7, 11) is 0. The number of nitrogens with one attached hydrogen (secondary N) is 2. The van der Waals surface area contributed by atoms with E-state index < -0.39 is 11.9 Å². The number of hydrogen-bond donors (Lipinski definition) is 2. The Balaban J connectivity index is 1.42. The van der Waals surface area contributed by atoms with Gasteiger partial charge in [-0.05, 0) is 58.3 Å². The van der Waals surface area contributed by atoms with Crippen molar-refractivity contribution in [3.63, 3.8) is 0 Å². The van der Waals surface area contributed by atoms with Gasteiger partial charge in [0.25, 0.3) is 5.91 Å². The molecule has 0 fully saturated rings. The molecule has 6 nitrogen and oxygen atoms in total. The molecular weight excluding hydrogens is 364 g/mol. The molecule has 0 atom stereocenters. The number of amides is 3. The van der Waals surface area contributed by atoms with Crippen LogP contribution in [0.25, 0.3) is 11.1 Å². The van der Waals surface area contributed by atoms with Crippen molar-refractivity contribution in [1.82, 2.24) is 5.32 Å². The van der Waals surface area contributed by atoms with Gasteiger partial charge in [-0.1, -0.05) is 12.1 Å². The number of carbonyl (C=O) groups is 2. The first-order valence-corrected chi connectivity index (χ1v) is 9.28. The number of urea groups is 1. The Labute approximate surface area is 159 Å². The topological polar surface area (TPSA) is 76.7 Å². The van der Waals surface area contributed by atoms with Gasteiger partial charge in [0.15, 0.2) is 11.5 Å². The van der Waals surface area contributed by atoms with Crippen LogP contribution in [-0.2, 0) is 0 Å². The molecule has 1 aromatic heterocycles. The summed E-state index contributed by atoms with van der Waals surface area (Å²) in [6.45, 7) is 0.907. The average Bonchev–Trinajstić information content (AvgIpc) is 3.22. The SMILES string of the molecule is O=C(NC(=O)c1ccc2c(c1)OCCO2)Nc1cccc(-c2ccsc2)c1. The molecule has 136 valence electrons. The van der Waals surface area contributed by atoms with E-state index in [1.807, 2.05) is 35.0 Å². The average molecular weight is 380 g/mol. The van der Waals surface area contributed by atoms with Gasteiger partial charge < -0.3 is 14.8 Å². The van der Waals surface area contributed by atoms with E-state index in [2.05, 4.69) is 10.6 Å². The first-order chi connectivity index (χ1) is 13.2. The second-order valence-corrected chi connectivity index (χ2v) is 6.64. The van der Waals surface area contributed by atoms with Crippen molar-refractivity contribution >= 4 is 29.0 Å². The highest BCUT2D eigenvalue weighted by Gasteiger charge is 2.16. The summed E-state index contributed by atoms with van der Waals surface area (Å²) in [6, 6.07) is 13.7. The zero-order valence-corrected chi connectivity index (χ0v) is 15.0. The maximum atomic E-state index is 12.3. The molecular formula is C20H16N2O4S. The molecule has 0 unspecified atom stereocenters. The largest absolute Gasteiger partial charge is 0.486 e. The van der Waals surface area contributed by atoms with Gasteiger partial charge in [0.05, 0.1) is 0 Å². The van der Waals surface area contributed by atoms with Gasteiger partial charge in [-0.3, -0.25) is 10.1 Å². The highest BCUT2D eigenvalue weighted by molar-refractivity contribution is 7.08. The molecule has 0 aliphatic carbocycles. The number of thiophene rings is 1. The predicted molar refractivity (Wildman–Crippen MR) is 104 cm³/mol. The van der Waals surface area contributed by atoms with Crippen LogP contribution < -0.4 is 20.1 Å². The number of carbonyl (C=O) groups excluding carboxylic acids is 2. The van der Waals surface area contributed by atoms with Crippen LogP contribution in [0, 0.1) is 0 Å². The van der Waals surface area contributed by atoms with Crippen molar-refractivity contribution in [2.45, 2.75) is 0 Å². The number of ether oxygens (including phenoxy) is 2. The Morgan fingerprint density at radius 3 is 2.59 bits per heavy atom. The lowest BCUT2D eigenvalue weighted by Crippen LogP contribution is -2.34. The highest BCUT2D eigenvalue weighted by Crippen LogP contribution is 2.30. The van der Waals surface area contributed by atoms with Gasteiger partial charge in [-0.15, -0.1) is 0 Å². The number of fused-ring (bicyclic) bond motifs is 1. The lowest BCUT2D eigenvalue weighted by Gasteiger charge is -2.18. The Morgan fingerprint density at radius 2 is 1.78 bits per heavy atom. The third kappa shape index (κ3) is 3.93. The quantitative estimate of drug-likeness (QED) is 0.716. The molecule has 7 heteroatoms. The van der Waals surface area contributed by atoms with Crippen molar-refractivity contribution in [1.29, 1.82) is 0 Å². The number of imide groups is 1. The van der Waals surface area contributed by atoms with Crippen molar-refractivity contribution < 1.29 is 19.1 Å². The van der Waals surface area contributed by atoms with Crippen LogP contribution in [0.3, 0.4) is 0 Å². The summed E-state index contributed by atoms with van der Waals surface area (Å²) < 4.78 is 10.9. The van der Waals surface area contributed by atoms with Crippen molar-refractivity contribution in [3.8, 4) is 22.6 Å². The lowest BCUT2D eigenvalue weighted by atomic mass is 10.1. The minimum atomic E-state index is -0.600. The molecule has 27 heavy (non-hydrogen) atoms. The van der Waals surface area contributed by atoms with Crippen LogP contribution in [0.1, 0.15) is 10.4 Å². The molecule has 1 aliphatic rings. The molecule has 2 aromatic carbocycles. The van der Waals surface area contributed by atoms with Gasteiger partial charge >= 0.3 is 6.03 Å². The Kier molecular flexibility index (Phi) is 4.76. The first kappa shape index (κ1) is 17.1. The summed E-state index contributed by atoms with van der Waals surface area (Å²) in [5.74, 6) is 0.573. The Bertz CT molecular complexity index is 985. The minimum Gasteiger partial charge on any atom is -0.486 e. The van der Waals surface area contributed by atoms with E-state index in [1.165, 1.54) is 0 Å². The second-order valence-electron chi connectivity index (χ2n) is 5.86. The molecule has 3 amide bonds. The number of hydrogen-bond acceptors (Lipinski definition) is 5. The normalized spacial score (nSPS) is 12.3. The van der Waals surface area contributed by atoms with Crippen LogP contribution in [0.5, 0.6) is 11.5 Å². The van der Waals surface area contributed by atoms with Crippen LogP contribution in [0.15, 0.2) is 59.3 Å². The minimum absolute atomic E-state index is 0.321. The van der Waals surface area contributed by atoms with Crippen LogP contribution in [0.4, 0.5) is 10.5 Å². The fourth-order valence-electron chi connectivity index (χ4n) is 2.73. The number of benzene rings is 2. The third-order valence-corrected chi connectivity index (χ3v) is 4.69. The molecule has 0 spiro atoms. The van der Waals surface area contributed by atoms with Crippen LogP contribution >= 0.6 is 11.3 Å². The first-order valence-electron chi connectivity index (χ1n) is 8.34. The molecule has 4 rings (SSSR count). The van der Waals surface area contributed by atoms with Crippen LogP contribution in [-0.4, -0.2) is 25.2 Å². The fraction of sp³-hybridized carbons (Fsp3) is 0.100. The predicted octanol–water partition coefficient (Wildman–Crippen LogP) is 4.15. The van der Waals surface area contributed by atoms with Gasteiger partial charge in [-0.25, -0.2) is 4.79 Å². The Hall–Kier alpha value is -3.32. The van der Waals surface area contributed by atoms with E-state index in [-0.39, 0.29) is 0 Å². The Morgan fingerprint density at radius 1 is 0.926 bits per heavy atom. The molecule has 2 heterocycles. The maximum absolute atomic E-state index is 12.3. The molecule has 0 saturated carbocycles. The van der Waals surface area contributed by atoms with Gasteiger partial charge in [-0.2, -0.15) is 11.3 Å². The van der Waals surface area contributed by atoms with Gasteiger partial charge in [0, 0.05) is 11.3 Å². The van der Waals surface area contributed by atoms with E-state index in [0.717, 1.165) is 11.1 Å². The van der Waals surface area contributed by atoms with E-state index in [4.69, 9.17) is 9.47 Å². The van der Waals surface area contributed by atoms with Gasteiger partial charge in [0.2, 0.25) is 0 Å². The number of rotatable bonds is 3. The van der Waals surface area contributed by atoms with E-state index in [1.54, 1.807) is 35.6 Å². The van der Waals surface area contributed by atoms with E-state index in [0.29, 0.717) is 36.0 Å². The molecule has 0 bridgehead atoms. The summed E-state index contributed by atoms with van der Waals surface area (Å²) in [5.41, 5.74) is 3.00. The van der Waals surface area contributed by atoms with Crippen molar-refractivity contribution in [2.24, 2.45) is 0 Å². The zero-order valence-electron chi connectivity index (χ0n) is 14.2. The zero-order chi connectivity index (χ0) is 18.6. The van der Waals surface area contributed by atoms with E-state index in [9.17, 15) is 9.59 Å². The van der Waals surface area contributed by atoms with Crippen molar-refractivity contribution in [3.05, 3.63) is 64.9 Å². The molecule has 3 aromatic rings. The maximum Gasteiger partial charge on any atom is 0.326 e. The third-order valence-electron chi connectivity index (χ3n) is 4.01. The monoisotopic (exact) mass is 380 g/mol. The molecule has 1 aliphatic heterocycles. The second kappa shape index (κ2) is 7.51. The van der Waals surface area contributed by atoms with Crippen LogP contribution in [0.2, 0.25) is 0 Å². The lowest BCUT2D eigenvalue weighted by molar-refractivity contribution is 0.0966. The summed E-state index contributed by atoms with van der Waals surface area (Å²) >= 11 is 1.61. The highest BCUT2D eigenvalue weighted by atomic mass is 32.1. The summed E-state index contributed by atoms with van der Waals surface area (Å²) in [4.78, 5) is 24.5. The summed E-state index contributed by atoms with van der Waals surface area (Å²) in [6.07, 6.45) is 0. The molecule has 0 saturated heterocycles.